The summed E-state index contributed by atoms with van der Waals surface area (Å²) >= 11 is 0. The van der Waals surface area contributed by atoms with Gasteiger partial charge in [-0.2, -0.15) is 0 Å². The van der Waals surface area contributed by atoms with Crippen molar-refractivity contribution in [3.63, 3.8) is 0 Å². The molecule has 0 aromatic heterocycles. The van der Waals surface area contributed by atoms with E-state index < -0.39 is 5.91 Å². The van der Waals surface area contributed by atoms with Gasteiger partial charge in [0.1, 0.15) is 0 Å². The number of carbonyl (C=O) groups is 1. The summed E-state index contributed by atoms with van der Waals surface area (Å²) in [5, 5.41) is 8.95. The Hall–Kier alpha value is -2.91. The summed E-state index contributed by atoms with van der Waals surface area (Å²) in [6.07, 6.45) is 0. The zero-order valence-electron chi connectivity index (χ0n) is 11.9. The smallest absolute Gasteiger partial charge is 0.275 e. The number of benzene rings is 3. The van der Waals surface area contributed by atoms with Gasteiger partial charge in [0.05, 0.1) is 0 Å². The van der Waals surface area contributed by atoms with Gasteiger partial charge in [0.2, 0.25) is 0 Å². The Morgan fingerprint density at radius 2 is 1.23 bits per heavy atom. The number of hydroxylamine groups is 1. The van der Waals surface area contributed by atoms with E-state index in [-0.39, 0.29) is 0 Å². The third-order valence-corrected chi connectivity index (χ3v) is 3.58. The lowest BCUT2D eigenvalue weighted by Crippen LogP contribution is -2.19. The maximum atomic E-state index is 11.9. The molecule has 3 rings (SSSR count). The molecule has 0 aliphatic heterocycles. The molecular weight excluding hydrogens is 274 g/mol. The van der Waals surface area contributed by atoms with Crippen molar-refractivity contribution in [2.45, 2.75) is 0 Å². The third-order valence-electron chi connectivity index (χ3n) is 3.58. The second kappa shape index (κ2) is 6.24. The van der Waals surface area contributed by atoms with E-state index in [1.807, 2.05) is 66.7 Å². The molecule has 0 saturated heterocycles. The summed E-state index contributed by atoms with van der Waals surface area (Å²) in [4.78, 5) is 11.9. The van der Waals surface area contributed by atoms with E-state index in [1.165, 1.54) is 0 Å². The van der Waals surface area contributed by atoms with Gasteiger partial charge in [-0.15, -0.1) is 0 Å². The first-order chi connectivity index (χ1) is 10.8. The predicted molar refractivity (Wildman–Crippen MR) is 86.6 cm³/mol. The van der Waals surface area contributed by atoms with Crippen molar-refractivity contribution < 1.29 is 10.0 Å². The van der Waals surface area contributed by atoms with Crippen LogP contribution in [0.4, 0.5) is 0 Å². The molecule has 0 bridgehead atoms. The first-order valence-corrected chi connectivity index (χ1v) is 6.99. The highest BCUT2D eigenvalue weighted by atomic mass is 16.5. The third kappa shape index (κ3) is 2.62. The monoisotopic (exact) mass is 289 g/mol. The highest BCUT2D eigenvalue weighted by Crippen LogP contribution is 2.33. The number of amides is 1. The van der Waals surface area contributed by atoms with E-state index in [9.17, 15) is 4.79 Å². The van der Waals surface area contributed by atoms with Gasteiger partial charge in [-0.25, -0.2) is 5.48 Å². The topological polar surface area (TPSA) is 49.3 Å². The van der Waals surface area contributed by atoms with Crippen LogP contribution in [-0.2, 0) is 0 Å². The molecule has 0 aliphatic rings. The summed E-state index contributed by atoms with van der Waals surface area (Å²) in [5.74, 6) is -0.515. The van der Waals surface area contributed by atoms with Crippen molar-refractivity contribution in [2.24, 2.45) is 0 Å². The summed E-state index contributed by atoms with van der Waals surface area (Å²) in [6.45, 7) is 0. The minimum atomic E-state index is -0.515. The lowest BCUT2D eigenvalue weighted by atomic mass is 9.92. The average Bonchev–Trinajstić information content (AvgIpc) is 2.62. The van der Waals surface area contributed by atoms with Gasteiger partial charge >= 0.3 is 0 Å². The number of hydrogen-bond donors (Lipinski definition) is 2. The van der Waals surface area contributed by atoms with Crippen LogP contribution in [0.2, 0.25) is 0 Å². The summed E-state index contributed by atoms with van der Waals surface area (Å²) in [7, 11) is 0. The fraction of sp³-hybridized carbons (Fsp3) is 0. The standard InChI is InChI=1S/C19H15NO2/c21-19(20-22)18-13-7-6-12-17(18)16-11-5-4-10-15(16)14-8-2-1-3-9-14/h1-13,22H,(H,20,21). The van der Waals surface area contributed by atoms with E-state index in [1.54, 1.807) is 17.6 Å². The van der Waals surface area contributed by atoms with Crippen LogP contribution >= 0.6 is 0 Å². The SMILES string of the molecule is O=C(NO)c1ccccc1-c1ccccc1-c1ccccc1. The number of nitrogens with one attached hydrogen (secondary N) is 1. The first-order valence-electron chi connectivity index (χ1n) is 6.99. The number of carbonyl (C=O) groups excluding carboxylic acids is 1. The minimum absolute atomic E-state index is 0.438. The molecule has 0 spiro atoms. The van der Waals surface area contributed by atoms with Crippen molar-refractivity contribution in [1.29, 1.82) is 0 Å². The minimum Gasteiger partial charge on any atom is -0.288 e. The normalized spacial score (nSPS) is 10.2. The molecular formula is C19H15NO2. The molecule has 2 N–H and O–H groups in total. The molecule has 108 valence electrons. The van der Waals surface area contributed by atoms with E-state index in [2.05, 4.69) is 0 Å². The number of hydrogen-bond acceptors (Lipinski definition) is 2. The second-order valence-corrected chi connectivity index (χ2v) is 4.90. The van der Waals surface area contributed by atoms with Crippen LogP contribution in [0.15, 0.2) is 78.9 Å². The van der Waals surface area contributed by atoms with E-state index >= 15 is 0 Å². The second-order valence-electron chi connectivity index (χ2n) is 4.90. The lowest BCUT2D eigenvalue weighted by molar-refractivity contribution is 0.0707. The Morgan fingerprint density at radius 1 is 0.682 bits per heavy atom. The Bertz CT molecular complexity index is 797. The zero-order chi connectivity index (χ0) is 15.4. The molecule has 0 aliphatic carbocycles. The van der Waals surface area contributed by atoms with Gasteiger partial charge in [0.15, 0.2) is 0 Å². The molecule has 3 heteroatoms. The molecule has 0 atom stereocenters. The van der Waals surface area contributed by atoms with Crippen molar-refractivity contribution in [3.05, 3.63) is 84.4 Å². The van der Waals surface area contributed by atoms with Crippen LogP contribution in [0, 0.1) is 0 Å². The van der Waals surface area contributed by atoms with Crippen molar-refractivity contribution in [3.8, 4) is 22.3 Å². The Morgan fingerprint density at radius 3 is 1.91 bits per heavy atom. The van der Waals surface area contributed by atoms with Crippen LogP contribution in [0.5, 0.6) is 0 Å². The van der Waals surface area contributed by atoms with Crippen LogP contribution < -0.4 is 5.48 Å². The maximum absolute atomic E-state index is 11.9. The molecule has 0 heterocycles. The van der Waals surface area contributed by atoms with E-state index in [0.29, 0.717) is 5.56 Å². The molecule has 3 aromatic rings. The summed E-state index contributed by atoms with van der Waals surface area (Å²) in [6, 6.07) is 25.2. The molecule has 0 fully saturated rings. The van der Waals surface area contributed by atoms with Crippen LogP contribution in [0.1, 0.15) is 10.4 Å². The van der Waals surface area contributed by atoms with E-state index in [0.717, 1.165) is 22.3 Å². The average molecular weight is 289 g/mol. The van der Waals surface area contributed by atoms with Gasteiger partial charge < -0.3 is 0 Å². The first kappa shape index (κ1) is 14.0. The van der Waals surface area contributed by atoms with Gasteiger partial charge in [-0.1, -0.05) is 72.8 Å². The largest absolute Gasteiger partial charge is 0.288 e. The maximum Gasteiger partial charge on any atom is 0.275 e. The quantitative estimate of drug-likeness (QED) is 0.562. The van der Waals surface area contributed by atoms with Crippen LogP contribution in [-0.4, -0.2) is 11.1 Å². The highest BCUT2D eigenvalue weighted by molar-refractivity contribution is 6.02. The van der Waals surface area contributed by atoms with Crippen molar-refractivity contribution in [1.82, 2.24) is 5.48 Å². The molecule has 0 unspecified atom stereocenters. The van der Waals surface area contributed by atoms with Crippen molar-refractivity contribution in [2.75, 3.05) is 0 Å². The molecule has 0 radical (unpaired) electrons. The van der Waals surface area contributed by atoms with Crippen LogP contribution in [0.25, 0.3) is 22.3 Å². The fourth-order valence-electron chi connectivity index (χ4n) is 2.56. The van der Waals surface area contributed by atoms with Gasteiger partial charge in [-0.05, 0) is 28.3 Å². The van der Waals surface area contributed by atoms with Gasteiger partial charge in [0, 0.05) is 5.56 Å². The van der Waals surface area contributed by atoms with Crippen LogP contribution in [0.3, 0.4) is 0 Å². The fourth-order valence-corrected chi connectivity index (χ4v) is 2.56. The van der Waals surface area contributed by atoms with Crippen molar-refractivity contribution >= 4 is 5.91 Å². The molecule has 22 heavy (non-hydrogen) atoms. The van der Waals surface area contributed by atoms with E-state index in [4.69, 9.17) is 5.21 Å². The molecule has 0 saturated carbocycles. The summed E-state index contributed by atoms with van der Waals surface area (Å²) in [5.41, 5.74) is 6.01. The zero-order valence-corrected chi connectivity index (χ0v) is 11.9. The Labute approximate surface area is 128 Å². The summed E-state index contributed by atoms with van der Waals surface area (Å²) < 4.78 is 0. The number of rotatable bonds is 3. The highest BCUT2D eigenvalue weighted by Gasteiger charge is 2.14. The molecule has 3 nitrogen and oxygen atoms in total. The Kier molecular flexibility index (Phi) is 3.99. The van der Waals surface area contributed by atoms with Gasteiger partial charge in [-0.3, -0.25) is 10.0 Å². The lowest BCUT2D eigenvalue weighted by Gasteiger charge is -2.13. The Balaban J connectivity index is 2.21. The molecule has 1 amide bonds. The van der Waals surface area contributed by atoms with Gasteiger partial charge in [0.25, 0.3) is 5.91 Å². The molecule has 3 aromatic carbocycles. The predicted octanol–water partition coefficient (Wildman–Crippen LogP) is 4.14.